The van der Waals surface area contributed by atoms with Gasteiger partial charge in [0.1, 0.15) is 5.52 Å². The molecule has 4 rings (SSSR count). The van der Waals surface area contributed by atoms with Gasteiger partial charge in [-0.3, -0.25) is 0 Å². The van der Waals surface area contributed by atoms with Crippen molar-refractivity contribution in [3.8, 4) is 0 Å². The van der Waals surface area contributed by atoms with Crippen molar-refractivity contribution < 1.29 is 31.9 Å². The van der Waals surface area contributed by atoms with Crippen molar-refractivity contribution in [2.75, 3.05) is 18.8 Å². The lowest BCUT2D eigenvalue weighted by Crippen LogP contribution is -2.51. The molecule has 0 bridgehead atoms. The molecule has 0 unspecified atom stereocenters. The lowest BCUT2D eigenvalue weighted by molar-refractivity contribution is 0.0851. The van der Waals surface area contributed by atoms with Crippen molar-refractivity contribution in [3.63, 3.8) is 0 Å². The number of aliphatic hydroxyl groups is 1. The highest BCUT2D eigenvalue weighted by atomic mass is 32.2. The van der Waals surface area contributed by atoms with Gasteiger partial charge in [0.15, 0.2) is 24.3 Å². The Morgan fingerprint density at radius 1 is 1.18 bits per heavy atom. The number of hydrogen-bond acceptors (Lipinski definition) is 10. The summed E-state index contributed by atoms with van der Waals surface area (Å²) in [5.74, 6) is 0.300. The van der Waals surface area contributed by atoms with Gasteiger partial charge in [0, 0.05) is 19.2 Å². The molecule has 0 aliphatic rings. The average Bonchev–Trinajstić information content (AvgIpc) is 3.55. The number of amides is 1. The molecule has 1 amide bonds. The number of anilines is 1. The van der Waals surface area contributed by atoms with Crippen LogP contribution in [0.2, 0.25) is 0 Å². The summed E-state index contributed by atoms with van der Waals surface area (Å²) in [6, 6.07) is 12.6. The monoisotopic (exact) mass is 557 g/mol. The highest BCUT2D eigenvalue weighted by Crippen LogP contribution is 2.24. The Hall–Kier alpha value is -3.94. The predicted molar refractivity (Wildman–Crippen MR) is 142 cm³/mol. The van der Waals surface area contributed by atoms with Crippen LogP contribution in [0.25, 0.3) is 11.1 Å². The van der Waals surface area contributed by atoms with Crippen molar-refractivity contribution in [3.05, 3.63) is 72.4 Å². The van der Waals surface area contributed by atoms with Crippen molar-refractivity contribution >= 4 is 33.2 Å². The van der Waals surface area contributed by atoms with Gasteiger partial charge >= 0.3 is 6.09 Å². The summed E-state index contributed by atoms with van der Waals surface area (Å²) >= 11 is 0. The van der Waals surface area contributed by atoms with Gasteiger partial charge in [-0.1, -0.05) is 44.2 Å². The number of aliphatic hydroxyl groups excluding tert-OH is 1. The van der Waals surface area contributed by atoms with Crippen LogP contribution in [0.15, 0.2) is 74.9 Å². The second-order valence-electron chi connectivity index (χ2n) is 9.45. The third-order valence-corrected chi connectivity index (χ3v) is 7.70. The quantitative estimate of drug-likeness (QED) is 0.235. The van der Waals surface area contributed by atoms with E-state index in [4.69, 9.17) is 19.3 Å². The number of rotatable bonds is 12. The number of sulfonamides is 1. The third kappa shape index (κ3) is 7.34. The smallest absolute Gasteiger partial charge is 0.407 e. The van der Waals surface area contributed by atoms with E-state index in [1.54, 1.807) is 0 Å². The summed E-state index contributed by atoms with van der Waals surface area (Å²) in [6.45, 7) is 3.44. The number of carbonyl (C=O) groups excluding carboxylic acids is 1. The second-order valence-corrected chi connectivity index (χ2v) is 11.4. The second kappa shape index (κ2) is 12.3. The van der Waals surface area contributed by atoms with Crippen LogP contribution in [0, 0.1) is 5.92 Å². The fourth-order valence-corrected chi connectivity index (χ4v) is 5.68. The predicted octanol–water partition coefficient (Wildman–Crippen LogP) is 2.94. The van der Waals surface area contributed by atoms with Crippen molar-refractivity contribution in [2.45, 2.75) is 43.9 Å². The number of nitrogen functional groups attached to an aromatic ring is 1. The molecule has 0 radical (unpaired) electrons. The minimum absolute atomic E-state index is 0.0296. The zero-order valence-electron chi connectivity index (χ0n) is 21.6. The van der Waals surface area contributed by atoms with Crippen LogP contribution in [0.4, 0.5) is 10.8 Å². The Labute approximate surface area is 225 Å². The van der Waals surface area contributed by atoms with E-state index in [0.717, 1.165) is 5.56 Å². The molecule has 2 aromatic heterocycles. The van der Waals surface area contributed by atoms with E-state index in [1.807, 2.05) is 44.2 Å². The molecular formula is C26H31N5O7S. The summed E-state index contributed by atoms with van der Waals surface area (Å²) in [7, 11) is -4.07. The number of hydrogen-bond donors (Lipinski definition) is 3. The topological polar surface area (TPSA) is 174 Å². The highest BCUT2D eigenvalue weighted by molar-refractivity contribution is 7.89. The highest BCUT2D eigenvalue weighted by Gasteiger charge is 2.32. The number of carbonyl (C=O) groups is 1. The first kappa shape index (κ1) is 28.1. The van der Waals surface area contributed by atoms with E-state index in [-0.39, 0.29) is 48.5 Å². The van der Waals surface area contributed by atoms with Gasteiger partial charge in [0.25, 0.3) is 6.01 Å². The molecular weight excluding hydrogens is 526 g/mol. The number of fused-ring (bicyclic) bond motifs is 1. The van der Waals surface area contributed by atoms with Crippen LogP contribution in [-0.4, -0.2) is 59.1 Å². The molecule has 0 saturated heterocycles. The third-order valence-electron chi connectivity index (χ3n) is 5.87. The maximum atomic E-state index is 13.7. The van der Waals surface area contributed by atoms with Gasteiger partial charge in [-0.05, 0) is 30.0 Å². The normalized spacial score (nSPS) is 13.6. The fraction of sp³-hybridized carbons (Fsp3) is 0.346. The Kier molecular flexibility index (Phi) is 8.84. The van der Waals surface area contributed by atoms with Crippen molar-refractivity contribution in [1.82, 2.24) is 19.6 Å². The standard InChI is InChI=1S/C26H31N5O7S/c1-17(2)13-31(39(34,35)20-8-9-21-24(11-20)38-25(27)29-21)14-23(32)22(10-18-6-4-3-5-7-18)30-26(33)36-15-19-12-28-16-37-19/h3-9,11-12,16-17,22-23,32H,10,13-15H2,1-2H3,(H2,27,29)(H,30,33)/t22-,23+/m0/s1. The number of alkyl carbamates (subject to hydrolysis) is 1. The number of nitrogens with zero attached hydrogens (tertiary/aromatic N) is 3. The molecule has 0 fully saturated rings. The van der Waals surface area contributed by atoms with Gasteiger partial charge in [0.2, 0.25) is 10.0 Å². The minimum Gasteiger partial charge on any atom is -0.445 e. The first-order valence-corrected chi connectivity index (χ1v) is 13.7. The van der Waals surface area contributed by atoms with E-state index < -0.39 is 28.3 Å². The van der Waals surface area contributed by atoms with Gasteiger partial charge in [0.05, 0.1) is 23.2 Å². The lowest BCUT2D eigenvalue weighted by Gasteiger charge is -2.30. The molecule has 0 aliphatic heterocycles. The average molecular weight is 558 g/mol. The van der Waals surface area contributed by atoms with Crippen LogP contribution in [0.3, 0.4) is 0 Å². The molecule has 4 aromatic rings. The number of ether oxygens (including phenoxy) is 1. The van der Waals surface area contributed by atoms with E-state index in [0.29, 0.717) is 11.3 Å². The van der Waals surface area contributed by atoms with Crippen molar-refractivity contribution in [1.29, 1.82) is 0 Å². The molecule has 2 heterocycles. The zero-order valence-corrected chi connectivity index (χ0v) is 22.4. The molecule has 39 heavy (non-hydrogen) atoms. The van der Waals surface area contributed by atoms with E-state index in [2.05, 4.69) is 15.3 Å². The summed E-state index contributed by atoms with van der Waals surface area (Å²) in [5, 5.41) is 14.0. The van der Waals surface area contributed by atoms with Crippen LogP contribution in [-0.2, 0) is 27.8 Å². The van der Waals surface area contributed by atoms with E-state index >= 15 is 0 Å². The minimum atomic E-state index is -4.07. The van der Waals surface area contributed by atoms with Crippen LogP contribution in [0.1, 0.15) is 25.2 Å². The van der Waals surface area contributed by atoms with Gasteiger partial charge in [-0.25, -0.2) is 18.2 Å². The first-order chi connectivity index (χ1) is 18.6. The fourth-order valence-electron chi connectivity index (χ4n) is 4.04. The largest absolute Gasteiger partial charge is 0.445 e. The maximum Gasteiger partial charge on any atom is 0.407 e. The van der Waals surface area contributed by atoms with E-state index in [9.17, 15) is 18.3 Å². The maximum absolute atomic E-state index is 13.7. The number of oxazole rings is 2. The lowest BCUT2D eigenvalue weighted by atomic mass is 10.0. The zero-order chi connectivity index (χ0) is 28.0. The number of benzene rings is 2. The van der Waals surface area contributed by atoms with Crippen LogP contribution in [0.5, 0.6) is 0 Å². The van der Waals surface area contributed by atoms with Crippen molar-refractivity contribution in [2.24, 2.45) is 5.92 Å². The number of aromatic nitrogens is 2. The van der Waals surface area contributed by atoms with Crippen LogP contribution < -0.4 is 11.1 Å². The molecule has 0 spiro atoms. The van der Waals surface area contributed by atoms with E-state index in [1.165, 1.54) is 35.1 Å². The summed E-state index contributed by atoms with van der Waals surface area (Å²) in [4.78, 5) is 20.3. The molecule has 0 saturated carbocycles. The Bertz CT molecular complexity index is 1470. The van der Waals surface area contributed by atoms with Gasteiger partial charge < -0.3 is 29.7 Å². The molecule has 208 valence electrons. The summed E-state index contributed by atoms with van der Waals surface area (Å²) in [5.41, 5.74) is 7.10. The number of nitrogens with one attached hydrogen (secondary N) is 1. The SMILES string of the molecule is CC(C)CN(C[C@@H](O)[C@H](Cc1ccccc1)NC(=O)OCc1cnco1)S(=O)(=O)c1ccc2nc(N)oc2c1. The molecule has 2 aromatic carbocycles. The molecule has 13 heteroatoms. The number of nitrogens with two attached hydrogens (primary N) is 1. The Morgan fingerprint density at radius 2 is 1.95 bits per heavy atom. The molecule has 2 atom stereocenters. The molecule has 12 nitrogen and oxygen atoms in total. The van der Waals surface area contributed by atoms with Crippen LogP contribution >= 0.6 is 0 Å². The summed E-state index contributed by atoms with van der Waals surface area (Å²) < 4.78 is 44.1. The van der Waals surface area contributed by atoms with Gasteiger partial charge in [-0.2, -0.15) is 9.29 Å². The molecule has 4 N–H and O–H groups in total. The summed E-state index contributed by atoms with van der Waals surface area (Å²) in [6.07, 6.45) is 0.803. The first-order valence-electron chi connectivity index (χ1n) is 12.3. The van der Waals surface area contributed by atoms with Gasteiger partial charge in [-0.15, -0.1) is 0 Å². The molecule has 0 aliphatic carbocycles. The Balaban J connectivity index is 1.55. The Morgan fingerprint density at radius 3 is 2.64 bits per heavy atom.